The number of aromatic nitrogens is 2. The third-order valence-corrected chi connectivity index (χ3v) is 2.47. The smallest absolute Gasteiger partial charge is 0.228 e. The van der Waals surface area contributed by atoms with Crippen LogP contribution in [-0.2, 0) is 17.8 Å². The van der Waals surface area contributed by atoms with Crippen LogP contribution in [0.3, 0.4) is 0 Å². The molecule has 2 aromatic rings. The first-order valence-corrected chi connectivity index (χ1v) is 5.35. The molecule has 1 aromatic carbocycles. The molecule has 1 aromatic heterocycles. The molecule has 0 bridgehead atoms. The lowest BCUT2D eigenvalue weighted by molar-refractivity contribution is -0.115. The molecule has 2 rings (SSSR count). The van der Waals surface area contributed by atoms with Crippen molar-refractivity contribution in [3.63, 3.8) is 0 Å². The highest BCUT2D eigenvalue weighted by Crippen LogP contribution is 2.10. The van der Waals surface area contributed by atoms with E-state index in [1.807, 2.05) is 24.3 Å². The standard InChI is InChI=1S/C12H14N4O/c13-6-10-4-2-1-3-9(10)5-12(17)16-11-7-14-15-8-11/h1-4,7-8H,5-6,13H2,(H,14,15)(H,16,17). The fraction of sp³-hybridized carbons (Fsp3) is 0.167. The Bertz CT molecular complexity index is 493. The van der Waals surface area contributed by atoms with Crippen molar-refractivity contribution >= 4 is 11.6 Å². The summed E-state index contributed by atoms with van der Waals surface area (Å²) in [7, 11) is 0. The summed E-state index contributed by atoms with van der Waals surface area (Å²) in [5.41, 5.74) is 8.23. The van der Waals surface area contributed by atoms with Gasteiger partial charge in [-0.25, -0.2) is 0 Å². The Kier molecular flexibility index (Phi) is 3.52. The lowest BCUT2D eigenvalue weighted by Crippen LogP contribution is -2.15. The highest BCUT2D eigenvalue weighted by Gasteiger charge is 2.07. The van der Waals surface area contributed by atoms with Gasteiger partial charge in [0.25, 0.3) is 0 Å². The molecular formula is C12H14N4O. The third kappa shape index (κ3) is 2.92. The van der Waals surface area contributed by atoms with Crippen LogP contribution in [0.15, 0.2) is 36.7 Å². The van der Waals surface area contributed by atoms with Gasteiger partial charge in [0.15, 0.2) is 0 Å². The molecule has 0 saturated carbocycles. The van der Waals surface area contributed by atoms with Crippen molar-refractivity contribution in [2.45, 2.75) is 13.0 Å². The van der Waals surface area contributed by atoms with Crippen LogP contribution in [0.4, 0.5) is 5.69 Å². The molecule has 0 unspecified atom stereocenters. The van der Waals surface area contributed by atoms with E-state index in [1.54, 1.807) is 12.4 Å². The molecule has 0 fully saturated rings. The van der Waals surface area contributed by atoms with E-state index in [-0.39, 0.29) is 5.91 Å². The lowest BCUT2D eigenvalue weighted by atomic mass is 10.0. The number of anilines is 1. The minimum absolute atomic E-state index is 0.0766. The van der Waals surface area contributed by atoms with E-state index in [0.29, 0.717) is 18.7 Å². The van der Waals surface area contributed by atoms with Gasteiger partial charge in [0, 0.05) is 12.7 Å². The second-order valence-electron chi connectivity index (χ2n) is 3.68. The number of carbonyl (C=O) groups excluding carboxylic acids is 1. The molecule has 1 heterocycles. The van der Waals surface area contributed by atoms with Gasteiger partial charge in [0.1, 0.15) is 0 Å². The molecule has 0 aliphatic heterocycles. The fourth-order valence-corrected chi connectivity index (χ4v) is 1.63. The summed E-state index contributed by atoms with van der Waals surface area (Å²) in [5.74, 6) is -0.0766. The van der Waals surface area contributed by atoms with Crippen LogP contribution in [0, 0.1) is 0 Å². The Morgan fingerprint density at radius 1 is 1.35 bits per heavy atom. The summed E-state index contributed by atoms with van der Waals surface area (Å²) in [5, 5.41) is 9.14. The lowest BCUT2D eigenvalue weighted by Gasteiger charge is -2.07. The molecule has 88 valence electrons. The number of rotatable bonds is 4. The minimum atomic E-state index is -0.0766. The maximum atomic E-state index is 11.8. The third-order valence-electron chi connectivity index (χ3n) is 2.47. The van der Waals surface area contributed by atoms with Gasteiger partial charge in [0.05, 0.1) is 18.3 Å². The molecule has 0 saturated heterocycles. The van der Waals surface area contributed by atoms with Crippen molar-refractivity contribution in [3.8, 4) is 0 Å². The number of nitrogens with zero attached hydrogens (tertiary/aromatic N) is 1. The van der Waals surface area contributed by atoms with Gasteiger partial charge in [-0.1, -0.05) is 24.3 Å². The highest BCUT2D eigenvalue weighted by molar-refractivity contribution is 5.92. The van der Waals surface area contributed by atoms with Gasteiger partial charge in [0.2, 0.25) is 5.91 Å². The Hall–Kier alpha value is -2.14. The minimum Gasteiger partial charge on any atom is -0.326 e. The first kappa shape index (κ1) is 11.3. The average molecular weight is 230 g/mol. The van der Waals surface area contributed by atoms with E-state index in [1.165, 1.54) is 0 Å². The van der Waals surface area contributed by atoms with Crippen LogP contribution in [-0.4, -0.2) is 16.1 Å². The fourth-order valence-electron chi connectivity index (χ4n) is 1.63. The number of hydrogen-bond donors (Lipinski definition) is 3. The molecule has 0 atom stereocenters. The van der Waals surface area contributed by atoms with Crippen molar-refractivity contribution in [1.29, 1.82) is 0 Å². The van der Waals surface area contributed by atoms with Gasteiger partial charge < -0.3 is 11.1 Å². The Morgan fingerprint density at radius 3 is 2.76 bits per heavy atom. The normalized spacial score (nSPS) is 10.2. The Labute approximate surface area is 99.0 Å². The van der Waals surface area contributed by atoms with E-state index in [4.69, 9.17) is 5.73 Å². The summed E-state index contributed by atoms with van der Waals surface area (Å²) in [6, 6.07) is 7.66. The average Bonchev–Trinajstić information content (AvgIpc) is 2.82. The Balaban J connectivity index is 2.03. The van der Waals surface area contributed by atoms with Gasteiger partial charge >= 0.3 is 0 Å². The topological polar surface area (TPSA) is 83.8 Å². The monoisotopic (exact) mass is 230 g/mol. The van der Waals surface area contributed by atoms with E-state index in [9.17, 15) is 4.79 Å². The number of hydrogen-bond acceptors (Lipinski definition) is 3. The summed E-state index contributed by atoms with van der Waals surface area (Å²) >= 11 is 0. The second kappa shape index (κ2) is 5.27. The number of nitrogens with two attached hydrogens (primary N) is 1. The molecule has 0 radical (unpaired) electrons. The molecule has 17 heavy (non-hydrogen) atoms. The maximum absolute atomic E-state index is 11.8. The zero-order valence-electron chi connectivity index (χ0n) is 9.31. The second-order valence-corrected chi connectivity index (χ2v) is 3.68. The predicted molar refractivity (Wildman–Crippen MR) is 65.3 cm³/mol. The van der Waals surface area contributed by atoms with Crippen molar-refractivity contribution in [1.82, 2.24) is 10.2 Å². The number of benzene rings is 1. The van der Waals surface area contributed by atoms with Crippen LogP contribution < -0.4 is 11.1 Å². The zero-order chi connectivity index (χ0) is 12.1. The summed E-state index contributed by atoms with van der Waals surface area (Å²) in [6.07, 6.45) is 3.51. The van der Waals surface area contributed by atoms with Crippen molar-refractivity contribution in [2.24, 2.45) is 5.73 Å². The van der Waals surface area contributed by atoms with Crippen molar-refractivity contribution in [3.05, 3.63) is 47.8 Å². The van der Waals surface area contributed by atoms with Gasteiger partial charge in [-0.3, -0.25) is 9.89 Å². The van der Waals surface area contributed by atoms with Crippen LogP contribution >= 0.6 is 0 Å². The first-order valence-electron chi connectivity index (χ1n) is 5.35. The molecule has 0 aliphatic rings. The summed E-state index contributed by atoms with van der Waals surface area (Å²) in [6.45, 7) is 0.440. The number of aromatic amines is 1. The molecule has 4 N–H and O–H groups in total. The quantitative estimate of drug-likeness (QED) is 0.734. The number of H-pyrrole nitrogens is 1. The van der Waals surface area contributed by atoms with E-state index in [2.05, 4.69) is 15.5 Å². The highest BCUT2D eigenvalue weighted by atomic mass is 16.1. The SMILES string of the molecule is NCc1ccccc1CC(=O)Nc1cn[nH]c1. The van der Waals surface area contributed by atoms with E-state index in [0.717, 1.165) is 11.1 Å². The van der Waals surface area contributed by atoms with Gasteiger partial charge in [-0.05, 0) is 11.1 Å². The molecule has 5 nitrogen and oxygen atoms in total. The molecule has 0 aliphatic carbocycles. The van der Waals surface area contributed by atoms with Crippen molar-refractivity contribution < 1.29 is 4.79 Å². The van der Waals surface area contributed by atoms with Crippen LogP contribution in [0.25, 0.3) is 0 Å². The largest absolute Gasteiger partial charge is 0.326 e. The predicted octanol–water partition coefficient (Wildman–Crippen LogP) is 1.05. The Morgan fingerprint density at radius 2 is 2.12 bits per heavy atom. The van der Waals surface area contributed by atoms with E-state index >= 15 is 0 Å². The number of nitrogens with one attached hydrogen (secondary N) is 2. The number of amides is 1. The summed E-state index contributed by atoms with van der Waals surface area (Å²) < 4.78 is 0. The molecule has 5 heteroatoms. The van der Waals surface area contributed by atoms with Gasteiger partial charge in [-0.15, -0.1) is 0 Å². The van der Waals surface area contributed by atoms with Gasteiger partial charge in [-0.2, -0.15) is 5.10 Å². The molecular weight excluding hydrogens is 216 g/mol. The first-order chi connectivity index (χ1) is 8.29. The number of carbonyl (C=O) groups is 1. The van der Waals surface area contributed by atoms with Crippen molar-refractivity contribution in [2.75, 3.05) is 5.32 Å². The van der Waals surface area contributed by atoms with Crippen LogP contribution in [0.5, 0.6) is 0 Å². The summed E-state index contributed by atoms with van der Waals surface area (Å²) in [4.78, 5) is 11.8. The zero-order valence-corrected chi connectivity index (χ0v) is 9.31. The van der Waals surface area contributed by atoms with Crippen LogP contribution in [0.1, 0.15) is 11.1 Å². The molecule has 1 amide bonds. The molecule has 0 spiro atoms. The maximum Gasteiger partial charge on any atom is 0.228 e. The van der Waals surface area contributed by atoms with Crippen LogP contribution in [0.2, 0.25) is 0 Å². The van der Waals surface area contributed by atoms with E-state index < -0.39 is 0 Å².